The van der Waals surface area contributed by atoms with Crippen LogP contribution in [0.15, 0.2) is 18.2 Å². The molecule has 0 fully saturated rings. The molecule has 3 N–H and O–H groups in total. The number of nitrogens with one attached hydrogen (secondary N) is 1. The zero-order valence-electron chi connectivity index (χ0n) is 11.1. The van der Waals surface area contributed by atoms with E-state index in [2.05, 4.69) is 9.97 Å². The molecule has 0 spiro atoms. The van der Waals surface area contributed by atoms with E-state index < -0.39 is 11.6 Å². The van der Waals surface area contributed by atoms with Crippen LogP contribution in [0.5, 0.6) is 11.6 Å². The number of ether oxygens (including phenoxy) is 1. The van der Waals surface area contributed by atoms with Crippen molar-refractivity contribution >= 4 is 5.82 Å². The van der Waals surface area contributed by atoms with Gasteiger partial charge >= 0.3 is 0 Å². The third-order valence-electron chi connectivity index (χ3n) is 2.65. The molecule has 0 aliphatic carbocycles. The van der Waals surface area contributed by atoms with Gasteiger partial charge in [-0.05, 0) is 25.5 Å². The molecule has 0 atom stereocenters. The van der Waals surface area contributed by atoms with E-state index in [0.717, 1.165) is 5.69 Å². The van der Waals surface area contributed by atoms with Crippen LogP contribution in [0.1, 0.15) is 18.3 Å². The predicted molar refractivity (Wildman–Crippen MR) is 70.4 cm³/mol. The number of nitrogen functional groups attached to an aromatic ring is 1. The smallest absolute Gasteiger partial charge is 0.258 e. The summed E-state index contributed by atoms with van der Waals surface area (Å²) >= 11 is 0. The number of hydrazine groups is 1. The number of nitrogens with zero attached hydrogens (tertiary/aromatic N) is 2. The first-order valence-corrected chi connectivity index (χ1v) is 6.02. The highest BCUT2D eigenvalue weighted by atomic mass is 19.1. The first-order chi connectivity index (χ1) is 9.55. The molecular formula is C13H14F2N4O. The summed E-state index contributed by atoms with van der Waals surface area (Å²) in [6, 6.07) is 4.06. The van der Waals surface area contributed by atoms with Crippen molar-refractivity contribution in [2.75, 3.05) is 5.43 Å². The van der Waals surface area contributed by atoms with Crippen molar-refractivity contribution in [3.05, 3.63) is 41.2 Å². The summed E-state index contributed by atoms with van der Waals surface area (Å²) < 4.78 is 32.3. The number of nitrogens with two attached hydrogens (primary N) is 1. The zero-order valence-corrected chi connectivity index (χ0v) is 11.1. The van der Waals surface area contributed by atoms with Gasteiger partial charge in [-0.25, -0.2) is 14.6 Å². The van der Waals surface area contributed by atoms with Crippen molar-refractivity contribution in [3.8, 4) is 11.6 Å². The Morgan fingerprint density at radius 1 is 1.25 bits per heavy atom. The molecule has 0 aliphatic heterocycles. The van der Waals surface area contributed by atoms with E-state index >= 15 is 0 Å². The van der Waals surface area contributed by atoms with Gasteiger partial charge in [0.1, 0.15) is 0 Å². The fourth-order valence-electron chi connectivity index (χ4n) is 1.67. The molecule has 7 heteroatoms. The van der Waals surface area contributed by atoms with Crippen LogP contribution in [0.2, 0.25) is 0 Å². The maximum absolute atomic E-state index is 13.7. The van der Waals surface area contributed by atoms with E-state index in [-0.39, 0.29) is 11.7 Å². The molecule has 20 heavy (non-hydrogen) atoms. The largest absolute Gasteiger partial charge is 0.434 e. The molecule has 106 valence electrons. The SMILES string of the molecule is CCc1nc(C)ccc1Oc1nc(NN)c(F)cc1F. The Bertz CT molecular complexity index is 634. The molecule has 2 rings (SSSR count). The summed E-state index contributed by atoms with van der Waals surface area (Å²) in [5.74, 6) is 3.01. The molecule has 0 saturated carbocycles. The van der Waals surface area contributed by atoms with Crippen LogP contribution >= 0.6 is 0 Å². The van der Waals surface area contributed by atoms with Gasteiger partial charge in [0.05, 0.1) is 5.69 Å². The van der Waals surface area contributed by atoms with E-state index in [9.17, 15) is 8.78 Å². The Morgan fingerprint density at radius 3 is 2.65 bits per heavy atom. The number of hydrogen-bond donors (Lipinski definition) is 2. The van der Waals surface area contributed by atoms with E-state index in [1.807, 2.05) is 19.3 Å². The van der Waals surface area contributed by atoms with E-state index in [1.54, 1.807) is 12.1 Å². The lowest BCUT2D eigenvalue weighted by molar-refractivity contribution is 0.412. The van der Waals surface area contributed by atoms with E-state index in [0.29, 0.717) is 23.9 Å². The quantitative estimate of drug-likeness (QED) is 0.665. The molecule has 2 aromatic rings. The number of hydrogen-bond acceptors (Lipinski definition) is 5. The standard InChI is InChI=1S/C13H14F2N4O/c1-3-10-11(5-4-7(2)17-10)20-13-9(15)6-8(14)12(18-13)19-16/h4-6H,3,16H2,1-2H3,(H,18,19). The molecule has 2 heterocycles. The average molecular weight is 280 g/mol. The van der Waals surface area contributed by atoms with Crippen LogP contribution in [-0.2, 0) is 6.42 Å². The summed E-state index contributed by atoms with van der Waals surface area (Å²) in [5, 5.41) is 0. The first-order valence-electron chi connectivity index (χ1n) is 6.02. The lowest BCUT2D eigenvalue weighted by Crippen LogP contribution is -2.11. The fourth-order valence-corrected chi connectivity index (χ4v) is 1.67. The van der Waals surface area contributed by atoms with Gasteiger partial charge in [0.2, 0.25) is 0 Å². The normalized spacial score (nSPS) is 10.4. The molecule has 5 nitrogen and oxygen atoms in total. The molecule has 0 unspecified atom stereocenters. The van der Waals surface area contributed by atoms with Crippen molar-refractivity contribution in [1.82, 2.24) is 9.97 Å². The third-order valence-corrected chi connectivity index (χ3v) is 2.65. The molecule has 0 aromatic carbocycles. The number of aryl methyl sites for hydroxylation is 2. The van der Waals surface area contributed by atoms with Crippen LogP contribution in [-0.4, -0.2) is 9.97 Å². The van der Waals surface area contributed by atoms with Gasteiger partial charge in [-0.3, -0.25) is 4.98 Å². The predicted octanol–water partition coefficient (Wildman–Crippen LogP) is 2.70. The number of pyridine rings is 2. The number of anilines is 1. The minimum absolute atomic E-state index is 0.292. The molecule has 0 aliphatic rings. The maximum Gasteiger partial charge on any atom is 0.258 e. The van der Waals surface area contributed by atoms with Crippen LogP contribution in [0.4, 0.5) is 14.6 Å². The van der Waals surface area contributed by atoms with Gasteiger partial charge in [0.15, 0.2) is 23.2 Å². The van der Waals surface area contributed by atoms with Crippen LogP contribution in [0, 0.1) is 18.6 Å². The summed E-state index contributed by atoms with van der Waals surface area (Å²) in [6.45, 7) is 3.74. The highest BCUT2D eigenvalue weighted by Crippen LogP contribution is 2.27. The van der Waals surface area contributed by atoms with Crippen molar-refractivity contribution in [3.63, 3.8) is 0 Å². The number of halogens is 2. The number of rotatable bonds is 4. The Balaban J connectivity index is 2.39. The lowest BCUT2D eigenvalue weighted by atomic mass is 10.2. The molecule has 2 aromatic heterocycles. The lowest BCUT2D eigenvalue weighted by Gasteiger charge is -2.11. The summed E-state index contributed by atoms with van der Waals surface area (Å²) in [7, 11) is 0. The fraction of sp³-hybridized carbons (Fsp3) is 0.231. The Morgan fingerprint density at radius 2 is 2.00 bits per heavy atom. The van der Waals surface area contributed by atoms with Crippen molar-refractivity contribution in [1.29, 1.82) is 0 Å². The molecule has 0 amide bonds. The second-order valence-corrected chi connectivity index (χ2v) is 4.10. The Hall–Kier alpha value is -2.28. The van der Waals surface area contributed by atoms with Gasteiger partial charge in [0.25, 0.3) is 5.88 Å². The molecule has 0 bridgehead atoms. The van der Waals surface area contributed by atoms with Gasteiger partial charge in [0, 0.05) is 11.8 Å². The zero-order chi connectivity index (χ0) is 14.7. The highest BCUT2D eigenvalue weighted by molar-refractivity contribution is 5.40. The van der Waals surface area contributed by atoms with Gasteiger partial charge < -0.3 is 10.2 Å². The third kappa shape index (κ3) is 2.83. The first kappa shape index (κ1) is 14.1. The second-order valence-electron chi connectivity index (χ2n) is 4.10. The van der Waals surface area contributed by atoms with E-state index in [4.69, 9.17) is 10.6 Å². The molecule has 0 saturated heterocycles. The number of aromatic nitrogens is 2. The summed E-state index contributed by atoms with van der Waals surface area (Å²) in [6.07, 6.45) is 0.613. The van der Waals surface area contributed by atoms with Gasteiger partial charge in [-0.15, -0.1) is 0 Å². The van der Waals surface area contributed by atoms with Crippen molar-refractivity contribution in [2.45, 2.75) is 20.3 Å². The Labute approximate surface area is 114 Å². The van der Waals surface area contributed by atoms with Crippen molar-refractivity contribution in [2.24, 2.45) is 5.84 Å². The summed E-state index contributed by atoms with van der Waals surface area (Å²) in [5.41, 5.74) is 3.53. The average Bonchev–Trinajstić information content (AvgIpc) is 2.43. The highest BCUT2D eigenvalue weighted by Gasteiger charge is 2.15. The topological polar surface area (TPSA) is 73.1 Å². The Kier molecular flexibility index (Phi) is 4.09. The monoisotopic (exact) mass is 280 g/mol. The van der Waals surface area contributed by atoms with Crippen LogP contribution in [0.25, 0.3) is 0 Å². The van der Waals surface area contributed by atoms with Gasteiger partial charge in [-0.2, -0.15) is 4.98 Å². The van der Waals surface area contributed by atoms with E-state index in [1.165, 1.54) is 0 Å². The molecular weight excluding hydrogens is 266 g/mol. The minimum Gasteiger partial charge on any atom is -0.434 e. The van der Waals surface area contributed by atoms with Crippen LogP contribution in [0.3, 0.4) is 0 Å². The maximum atomic E-state index is 13.7. The van der Waals surface area contributed by atoms with Crippen LogP contribution < -0.4 is 16.0 Å². The summed E-state index contributed by atoms with van der Waals surface area (Å²) in [4.78, 5) is 7.94. The minimum atomic E-state index is -0.913. The second kappa shape index (κ2) is 5.79. The van der Waals surface area contributed by atoms with Crippen molar-refractivity contribution < 1.29 is 13.5 Å². The van der Waals surface area contributed by atoms with Gasteiger partial charge in [-0.1, -0.05) is 6.92 Å². The molecule has 0 radical (unpaired) electrons.